The van der Waals surface area contributed by atoms with E-state index in [2.05, 4.69) is 22.3 Å². The van der Waals surface area contributed by atoms with Gasteiger partial charge < -0.3 is 20.2 Å². The third-order valence-corrected chi connectivity index (χ3v) is 4.75. The van der Waals surface area contributed by atoms with Crippen LogP contribution in [0.1, 0.15) is 38.5 Å². The van der Waals surface area contributed by atoms with Gasteiger partial charge in [0, 0.05) is 37.6 Å². The Balaban J connectivity index is 1.63. The van der Waals surface area contributed by atoms with Crippen LogP contribution < -0.4 is 10.2 Å². The van der Waals surface area contributed by atoms with Gasteiger partial charge in [-0.15, -0.1) is 0 Å². The minimum Gasteiger partial charge on any atom is -0.391 e. The number of nitrogens with zero attached hydrogens (tertiary/aromatic N) is 2. The standard InChI is InChI=1S/C18H27N3O2/c22-17-9-6-12-21(14-17)18(23)19-15-7-5-8-16(13-15)20-10-3-1-2-4-11-20/h5,7-8,13,17,22H,1-4,6,9-12,14H2,(H,19,23)/t17-/m0/s1. The summed E-state index contributed by atoms with van der Waals surface area (Å²) in [6, 6.07) is 7.99. The Kier molecular flexibility index (Phi) is 5.39. The quantitative estimate of drug-likeness (QED) is 0.881. The molecule has 5 heteroatoms. The maximum atomic E-state index is 12.3. The van der Waals surface area contributed by atoms with Gasteiger partial charge in [-0.3, -0.25) is 0 Å². The second kappa shape index (κ2) is 7.68. The molecular weight excluding hydrogens is 290 g/mol. The number of β-amino-alcohol motifs (C(OH)–C–C–N with tert-alkyl or cyclic N) is 1. The van der Waals surface area contributed by atoms with E-state index in [1.54, 1.807) is 4.90 Å². The third-order valence-electron chi connectivity index (χ3n) is 4.75. The van der Waals surface area contributed by atoms with E-state index >= 15 is 0 Å². The van der Waals surface area contributed by atoms with Crippen molar-refractivity contribution in [2.24, 2.45) is 0 Å². The molecule has 2 amide bonds. The number of piperidine rings is 1. The lowest BCUT2D eigenvalue weighted by Gasteiger charge is -2.30. The highest BCUT2D eigenvalue weighted by Gasteiger charge is 2.22. The third kappa shape index (κ3) is 4.38. The molecule has 0 bridgehead atoms. The summed E-state index contributed by atoms with van der Waals surface area (Å²) < 4.78 is 0. The molecule has 0 radical (unpaired) electrons. The van der Waals surface area contributed by atoms with Gasteiger partial charge in [-0.2, -0.15) is 0 Å². The van der Waals surface area contributed by atoms with Crippen molar-refractivity contribution in [2.75, 3.05) is 36.4 Å². The zero-order chi connectivity index (χ0) is 16.1. The highest BCUT2D eigenvalue weighted by Crippen LogP contribution is 2.23. The lowest BCUT2D eigenvalue weighted by atomic mass is 10.1. The fourth-order valence-electron chi connectivity index (χ4n) is 3.45. The summed E-state index contributed by atoms with van der Waals surface area (Å²) >= 11 is 0. The Hall–Kier alpha value is -1.75. The summed E-state index contributed by atoms with van der Waals surface area (Å²) in [5.74, 6) is 0. The summed E-state index contributed by atoms with van der Waals surface area (Å²) in [5.41, 5.74) is 2.01. The lowest BCUT2D eigenvalue weighted by Crippen LogP contribution is -2.44. The SMILES string of the molecule is O=C(Nc1cccc(N2CCCCCC2)c1)N1CCC[C@H](O)C1. The number of hydrogen-bond acceptors (Lipinski definition) is 3. The number of amides is 2. The average molecular weight is 317 g/mol. The van der Waals surface area contributed by atoms with Gasteiger partial charge in [-0.05, 0) is 43.9 Å². The molecule has 0 aliphatic carbocycles. The van der Waals surface area contributed by atoms with Gasteiger partial charge >= 0.3 is 6.03 Å². The summed E-state index contributed by atoms with van der Waals surface area (Å²) in [5, 5.41) is 12.7. The monoisotopic (exact) mass is 317 g/mol. The molecule has 126 valence electrons. The number of carbonyl (C=O) groups is 1. The molecule has 2 fully saturated rings. The molecule has 3 rings (SSSR count). The molecule has 0 saturated carbocycles. The van der Waals surface area contributed by atoms with Crippen molar-refractivity contribution in [2.45, 2.75) is 44.6 Å². The van der Waals surface area contributed by atoms with Crippen LogP contribution in [0.25, 0.3) is 0 Å². The second-order valence-corrected chi connectivity index (χ2v) is 6.62. The first kappa shape index (κ1) is 16.1. The highest BCUT2D eigenvalue weighted by molar-refractivity contribution is 5.90. The van der Waals surface area contributed by atoms with Crippen LogP contribution in [0.5, 0.6) is 0 Å². The van der Waals surface area contributed by atoms with Crippen molar-refractivity contribution in [1.82, 2.24) is 4.90 Å². The average Bonchev–Trinajstić information content (AvgIpc) is 2.84. The predicted molar refractivity (Wildman–Crippen MR) is 93.0 cm³/mol. The van der Waals surface area contributed by atoms with Crippen LogP contribution in [0.2, 0.25) is 0 Å². The number of aliphatic hydroxyl groups excluding tert-OH is 1. The Morgan fingerprint density at radius 3 is 2.61 bits per heavy atom. The summed E-state index contributed by atoms with van der Waals surface area (Å²) in [6.07, 6.45) is 6.35. The predicted octanol–water partition coefficient (Wildman–Crippen LogP) is 3.06. The number of carbonyl (C=O) groups excluding carboxylic acids is 1. The fourth-order valence-corrected chi connectivity index (χ4v) is 3.45. The van der Waals surface area contributed by atoms with Crippen LogP contribution in [0, 0.1) is 0 Å². The first-order valence-corrected chi connectivity index (χ1v) is 8.81. The van der Waals surface area contributed by atoms with Crippen LogP contribution >= 0.6 is 0 Å². The molecule has 2 aliphatic rings. The number of urea groups is 1. The van der Waals surface area contributed by atoms with Crippen molar-refractivity contribution in [3.63, 3.8) is 0 Å². The van der Waals surface area contributed by atoms with Gasteiger partial charge in [0.15, 0.2) is 0 Å². The van der Waals surface area contributed by atoms with E-state index in [-0.39, 0.29) is 6.03 Å². The van der Waals surface area contributed by atoms with Crippen molar-refractivity contribution in [1.29, 1.82) is 0 Å². The van der Waals surface area contributed by atoms with Crippen molar-refractivity contribution >= 4 is 17.4 Å². The number of anilines is 2. The molecule has 1 aromatic rings. The molecule has 0 aromatic heterocycles. The van der Waals surface area contributed by atoms with Crippen LogP contribution in [-0.4, -0.2) is 48.3 Å². The summed E-state index contributed by atoms with van der Waals surface area (Å²) in [4.78, 5) is 16.5. The van der Waals surface area contributed by atoms with Crippen molar-refractivity contribution in [3.8, 4) is 0 Å². The molecule has 0 unspecified atom stereocenters. The maximum absolute atomic E-state index is 12.3. The van der Waals surface area contributed by atoms with Gasteiger partial charge in [-0.1, -0.05) is 18.9 Å². The Bertz CT molecular complexity index is 527. The second-order valence-electron chi connectivity index (χ2n) is 6.62. The maximum Gasteiger partial charge on any atom is 0.321 e. The summed E-state index contributed by atoms with van der Waals surface area (Å²) in [6.45, 7) is 3.33. The Morgan fingerprint density at radius 1 is 1.09 bits per heavy atom. The van der Waals surface area contributed by atoms with Crippen molar-refractivity contribution in [3.05, 3.63) is 24.3 Å². The molecule has 0 spiro atoms. The molecule has 2 heterocycles. The van der Waals surface area contributed by atoms with E-state index in [0.29, 0.717) is 13.1 Å². The van der Waals surface area contributed by atoms with E-state index in [0.717, 1.165) is 31.6 Å². The first-order valence-electron chi connectivity index (χ1n) is 8.81. The molecule has 23 heavy (non-hydrogen) atoms. The highest BCUT2D eigenvalue weighted by atomic mass is 16.3. The van der Waals surface area contributed by atoms with Crippen LogP contribution in [0.4, 0.5) is 16.2 Å². The zero-order valence-corrected chi connectivity index (χ0v) is 13.7. The normalized spacial score (nSPS) is 22.6. The molecule has 1 aromatic carbocycles. The topological polar surface area (TPSA) is 55.8 Å². The zero-order valence-electron chi connectivity index (χ0n) is 13.7. The van der Waals surface area contributed by atoms with Gasteiger partial charge in [0.05, 0.1) is 6.10 Å². The largest absolute Gasteiger partial charge is 0.391 e. The van der Waals surface area contributed by atoms with Gasteiger partial charge in [-0.25, -0.2) is 4.79 Å². The number of aliphatic hydroxyl groups is 1. The van der Waals surface area contributed by atoms with E-state index in [4.69, 9.17) is 0 Å². The molecule has 2 saturated heterocycles. The number of rotatable bonds is 2. The Morgan fingerprint density at radius 2 is 1.87 bits per heavy atom. The minimum atomic E-state index is -0.391. The molecular formula is C18H27N3O2. The van der Waals surface area contributed by atoms with Crippen LogP contribution in [0.15, 0.2) is 24.3 Å². The summed E-state index contributed by atoms with van der Waals surface area (Å²) in [7, 11) is 0. The number of likely N-dealkylation sites (tertiary alicyclic amines) is 1. The van der Waals surface area contributed by atoms with Crippen LogP contribution in [0.3, 0.4) is 0 Å². The van der Waals surface area contributed by atoms with Crippen LogP contribution in [-0.2, 0) is 0 Å². The van der Waals surface area contributed by atoms with E-state index in [1.165, 1.54) is 31.4 Å². The smallest absolute Gasteiger partial charge is 0.321 e. The van der Waals surface area contributed by atoms with Crippen molar-refractivity contribution < 1.29 is 9.90 Å². The van der Waals surface area contributed by atoms with Gasteiger partial charge in [0.1, 0.15) is 0 Å². The van der Waals surface area contributed by atoms with E-state index in [1.807, 2.05) is 12.1 Å². The molecule has 1 atom stereocenters. The number of nitrogens with one attached hydrogen (secondary N) is 1. The van der Waals surface area contributed by atoms with Gasteiger partial charge in [0.25, 0.3) is 0 Å². The fraction of sp³-hybridized carbons (Fsp3) is 0.611. The Labute approximate surface area is 138 Å². The number of benzene rings is 1. The minimum absolute atomic E-state index is 0.114. The van der Waals surface area contributed by atoms with E-state index in [9.17, 15) is 9.90 Å². The van der Waals surface area contributed by atoms with E-state index < -0.39 is 6.10 Å². The molecule has 2 aliphatic heterocycles. The molecule has 2 N–H and O–H groups in total. The van der Waals surface area contributed by atoms with Gasteiger partial charge in [0.2, 0.25) is 0 Å². The lowest BCUT2D eigenvalue weighted by molar-refractivity contribution is 0.0883. The number of hydrogen-bond donors (Lipinski definition) is 2. The molecule has 5 nitrogen and oxygen atoms in total. The first-order chi connectivity index (χ1) is 11.2.